The molecule has 1 aromatic heterocycles. The van der Waals surface area contributed by atoms with Gasteiger partial charge in [-0.1, -0.05) is 20.8 Å². The van der Waals surface area contributed by atoms with Gasteiger partial charge in [0.2, 0.25) is 0 Å². The first-order valence-corrected chi connectivity index (χ1v) is 5.02. The summed E-state index contributed by atoms with van der Waals surface area (Å²) in [5.41, 5.74) is 1.33. The van der Waals surface area contributed by atoms with Gasteiger partial charge in [-0.15, -0.1) is 0 Å². The molecule has 0 N–H and O–H groups in total. The predicted octanol–water partition coefficient (Wildman–Crippen LogP) is 3.17. The molecule has 0 spiro atoms. The summed E-state index contributed by atoms with van der Waals surface area (Å²) < 4.78 is 5.59. The van der Waals surface area contributed by atoms with Crippen molar-refractivity contribution in [3.05, 3.63) is 24.0 Å². The molecular formula is C12H19NO. The van der Waals surface area contributed by atoms with E-state index in [0.717, 1.165) is 5.75 Å². The predicted molar refractivity (Wildman–Crippen MR) is 58.7 cm³/mol. The highest BCUT2D eigenvalue weighted by Crippen LogP contribution is 2.24. The Morgan fingerprint density at radius 3 is 2.36 bits per heavy atom. The third kappa shape index (κ3) is 3.02. The third-order valence-electron chi connectivity index (χ3n) is 1.95. The van der Waals surface area contributed by atoms with Gasteiger partial charge in [0, 0.05) is 6.20 Å². The maximum Gasteiger partial charge on any atom is 0.138 e. The fourth-order valence-corrected chi connectivity index (χ4v) is 1.17. The van der Waals surface area contributed by atoms with E-state index in [1.54, 1.807) is 6.20 Å². The van der Waals surface area contributed by atoms with Crippen LogP contribution >= 0.6 is 0 Å². The van der Waals surface area contributed by atoms with Crippen LogP contribution in [-0.4, -0.2) is 11.1 Å². The summed E-state index contributed by atoms with van der Waals surface area (Å²) in [6.07, 6.45) is 3.86. The molecule has 78 valence electrons. The Morgan fingerprint density at radius 1 is 1.21 bits per heavy atom. The summed E-state index contributed by atoms with van der Waals surface area (Å²) in [5.74, 6) is 0.854. The van der Waals surface area contributed by atoms with E-state index in [0.29, 0.717) is 0 Å². The van der Waals surface area contributed by atoms with Gasteiger partial charge in [-0.25, -0.2) is 0 Å². The maximum absolute atomic E-state index is 5.59. The van der Waals surface area contributed by atoms with E-state index in [2.05, 4.69) is 31.8 Å². The van der Waals surface area contributed by atoms with E-state index in [-0.39, 0.29) is 11.5 Å². The fourth-order valence-electron chi connectivity index (χ4n) is 1.17. The zero-order valence-corrected chi connectivity index (χ0v) is 9.66. The second-order valence-electron chi connectivity index (χ2n) is 4.83. The second kappa shape index (κ2) is 3.99. The lowest BCUT2D eigenvalue weighted by Gasteiger charge is -2.19. The summed E-state index contributed by atoms with van der Waals surface area (Å²) in [6, 6.07) is 2.06. The minimum atomic E-state index is 0.128. The SMILES string of the molecule is CC(C)Oc1cncc(C(C)(C)C)c1. The van der Waals surface area contributed by atoms with Gasteiger partial charge in [-0.3, -0.25) is 4.98 Å². The number of nitrogens with zero attached hydrogens (tertiary/aromatic N) is 1. The smallest absolute Gasteiger partial charge is 0.138 e. The minimum Gasteiger partial charge on any atom is -0.489 e. The van der Waals surface area contributed by atoms with Gasteiger partial charge < -0.3 is 4.74 Å². The van der Waals surface area contributed by atoms with Crippen molar-refractivity contribution < 1.29 is 4.74 Å². The fraction of sp³-hybridized carbons (Fsp3) is 0.583. The molecule has 0 radical (unpaired) electrons. The van der Waals surface area contributed by atoms with Gasteiger partial charge in [-0.05, 0) is 30.9 Å². The number of ether oxygens (including phenoxy) is 1. The van der Waals surface area contributed by atoms with Crippen molar-refractivity contribution in [3.8, 4) is 5.75 Å². The number of hydrogen-bond donors (Lipinski definition) is 0. The van der Waals surface area contributed by atoms with Crippen molar-refractivity contribution in [1.82, 2.24) is 4.98 Å². The van der Waals surface area contributed by atoms with Gasteiger partial charge in [0.15, 0.2) is 0 Å². The molecule has 0 fully saturated rings. The molecule has 14 heavy (non-hydrogen) atoms. The highest BCUT2D eigenvalue weighted by molar-refractivity contribution is 5.28. The molecule has 0 aromatic carbocycles. The first kappa shape index (κ1) is 11.0. The van der Waals surface area contributed by atoms with Crippen LogP contribution in [-0.2, 0) is 5.41 Å². The van der Waals surface area contributed by atoms with Crippen molar-refractivity contribution in [2.24, 2.45) is 0 Å². The zero-order chi connectivity index (χ0) is 10.8. The lowest BCUT2D eigenvalue weighted by molar-refractivity contribution is 0.241. The lowest BCUT2D eigenvalue weighted by Crippen LogP contribution is -2.12. The first-order valence-electron chi connectivity index (χ1n) is 5.02. The Balaban J connectivity index is 2.90. The Kier molecular flexibility index (Phi) is 3.14. The number of pyridine rings is 1. The van der Waals surface area contributed by atoms with Crippen molar-refractivity contribution in [1.29, 1.82) is 0 Å². The average Bonchev–Trinajstić information content (AvgIpc) is 2.01. The van der Waals surface area contributed by atoms with Crippen LogP contribution < -0.4 is 4.74 Å². The molecule has 1 heterocycles. The Hall–Kier alpha value is -1.05. The van der Waals surface area contributed by atoms with Gasteiger partial charge in [0.25, 0.3) is 0 Å². The topological polar surface area (TPSA) is 22.1 Å². The molecule has 0 amide bonds. The van der Waals surface area contributed by atoms with Gasteiger partial charge in [-0.2, -0.15) is 0 Å². The first-order chi connectivity index (χ1) is 6.39. The molecule has 2 nitrogen and oxygen atoms in total. The van der Waals surface area contributed by atoms with Crippen LogP contribution in [0.25, 0.3) is 0 Å². The standard InChI is InChI=1S/C12H19NO/c1-9(2)14-11-6-10(7-13-8-11)12(3,4)5/h6-9H,1-5H3. The summed E-state index contributed by atoms with van der Waals surface area (Å²) >= 11 is 0. The van der Waals surface area contributed by atoms with E-state index in [1.165, 1.54) is 5.56 Å². The summed E-state index contributed by atoms with van der Waals surface area (Å²) in [6.45, 7) is 10.5. The van der Waals surface area contributed by atoms with E-state index in [1.807, 2.05) is 20.0 Å². The van der Waals surface area contributed by atoms with Crippen LogP contribution in [0.1, 0.15) is 40.2 Å². The molecule has 1 rings (SSSR count). The monoisotopic (exact) mass is 193 g/mol. The van der Waals surface area contributed by atoms with Crippen LogP contribution in [0.5, 0.6) is 5.75 Å². The van der Waals surface area contributed by atoms with E-state index < -0.39 is 0 Å². The van der Waals surface area contributed by atoms with Crippen molar-refractivity contribution in [2.45, 2.75) is 46.1 Å². The van der Waals surface area contributed by atoms with Crippen molar-refractivity contribution >= 4 is 0 Å². The molecule has 0 unspecified atom stereocenters. The zero-order valence-electron chi connectivity index (χ0n) is 9.66. The molecule has 0 atom stereocenters. The summed E-state index contributed by atoms with van der Waals surface area (Å²) in [4.78, 5) is 4.18. The lowest BCUT2D eigenvalue weighted by atomic mass is 9.88. The van der Waals surface area contributed by atoms with Crippen LogP contribution in [0.15, 0.2) is 18.5 Å². The molecule has 0 saturated carbocycles. The van der Waals surface area contributed by atoms with Crippen LogP contribution in [0.2, 0.25) is 0 Å². The average molecular weight is 193 g/mol. The quantitative estimate of drug-likeness (QED) is 0.719. The molecular weight excluding hydrogens is 174 g/mol. The third-order valence-corrected chi connectivity index (χ3v) is 1.95. The number of hydrogen-bond acceptors (Lipinski definition) is 2. The normalized spacial score (nSPS) is 11.9. The summed E-state index contributed by atoms with van der Waals surface area (Å²) in [5, 5.41) is 0. The van der Waals surface area contributed by atoms with E-state index in [4.69, 9.17) is 4.74 Å². The molecule has 0 saturated heterocycles. The second-order valence-corrected chi connectivity index (χ2v) is 4.83. The van der Waals surface area contributed by atoms with E-state index >= 15 is 0 Å². The Labute approximate surface area is 86.3 Å². The highest BCUT2D eigenvalue weighted by atomic mass is 16.5. The van der Waals surface area contributed by atoms with Gasteiger partial charge >= 0.3 is 0 Å². The molecule has 0 aliphatic rings. The number of aromatic nitrogens is 1. The molecule has 0 bridgehead atoms. The maximum atomic E-state index is 5.59. The molecule has 1 aromatic rings. The van der Waals surface area contributed by atoms with E-state index in [9.17, 15) is 0 Å². The molecule has 0 aliphatic heterocycles. The van der Waals surface area contributed by atoms with Gasteiger partial charge in [0.05, 0.1) is 12.3 Å². The van der Waals surface area contributed by atoms with Crippen LogP contribution in [0, 0.1) is 0 Å². The van der Waals surface area contributed by atoms with Gasteiger partial charge in [0.1, 0.15) is 5.75 Å². The van der Waals surface area contributed by atoms with Crippen LogP contribution in [0.4, 0.5) is 0 Å². The largest absolute Gasteiger partial charge is 0.489 e. The summed E-state index contributed by atoms with van der Waals surface area (Å²) in [7, 11) is 0. The van der Waals surface area contributed by atoms with Crippen molar-refractivity contribution in [2.75, 3.05) is 0 Å². The molecule has 0 aliphatic carbocycles. The minimum absolute atomic E-state index is 0.128. The van der Waals surface area contributed by atoms with Crippen LogP contribution in [0.3, 0.4) is 0 Å². The Morgan fingerprint density at radius 2 is 1.86 bits per heavy atom. The Bertz CT molecular complexity index is 299. The van der Waals surface area contributed by atoms with Crippen molar-refractivity contribution in [3.63, 3.8) is 0 Å². The number of rotatable bonds is 2. The highest BCUT2D eigenvalue weighted by Gasteiger charge is 2.14. The molecule has 2 heteroatoms.